The largest absolute Gasteiger partial charge is 0.600 e. The number of rotatable bonds is 10. The highest BCUT2D eigenvalue weighted by molar-refractivity contribution is 6.68. The average Bonchev–Trinajstić information content (AvgIpc) is 3.31. The average molecular weight is 563 g/mol. The Hall–Kier alpha value is -3.57. The molecule has 41 heavy (non-hydrogen) atoms. The molecule has 3 saturated heterocycles. The van der Waals surface area contributed by atoms with Crippen molar-refractivity contribution in [3.05, 3.63) is 54.2 Å². The first-order valence-corrected chi connectivity index (χ1v) is 14.5. The van der Waals surface area contributed by atoms with E-state index in [1.54, 1.807) is 18.2 Å². The van der Waals surface area contributed by atoms with Gasteiger partial charge in [-0.3, -0.25) is 9.59 Å². The molecule has 0 radical (unpaired) electrons. The topological polar surface area (TPSA) is 132 Å². The van der Waals surface area contributed by atoms with E-state index >= 15 is 0 Å². The number of likely N-dealkylation sites (N-methyl/N-ethyl adjacent to an activating group) is 1. The summed E-state index contributed by atoms with van der Waals surface area (Å²) in [5.74, 6) is -2.32. The van der Waals surface area contributed by atoms with Crippen molar-refractivity contribution in [2.24, 2.45) is 5.92 Å². The quantitative estimate of drug-likeness (QED) is 0.422. The van der Waals surface area contributed by atoms with Gasteiger partial charge in [-0.05, 0) is 43.6 Å². The number of aliphatic hydroxyl groups excluding tert-OH is 1. The van der Waals surface area contributed by atoms with Gasteiger partial charge in [0.2, 0.25) is 0 Å². The molecule has 11 heteroatoms. The number of ketones is 1. The van der Waals surface area contributed by atoms with Crippen molar-refractivity contribution in [2.45, 2.75) is 82.9 Å². The van der Waals surface area contributed by atoms with Gasteiger partial charge in [-0.25, -0.2) is 14.6 Å². The zero-order valence-electron chi connectivity index (χ0n) is 24.0. The number of quaternary nitrogens is 1. The summed E-state index contributed by atoms with van der Waals surface area (Å²) in [5.41, 5.74) is 1.55. The van der Waals surface area contributed by atoms with Gasteiger partial charge in [0.1, 0.15) is 23.8 Å². The minimum atomic E-state index is -2.52. The second-order valence-corrected chi connectivity index (χ2v) is 12.3. The summed E-state index contributed by atoms with van der Waals surface area (Å²) in [5, 5.41) is 13.3. The SMILES string of the molecule is CC(C)C[C@H](CC(=O)[C@@H](NC(=O)c1cccc(-c2ccccc2)n1)[C@@H](C)O)[B-]12OC(=O)[C@H]3CCC[C@H](C(=O)O1)[N+]32C. The second kappa shape index (κ2) is 11.0. The van der Waals surface area contributed by atoms with Crippen molar-refractivity contribution >= 4 is 30.3 Å². The molecule has 0 aliphatic carbocycles. The van der Waals surface area contributed by atoms with E-state index in [0.717, 1.165) is 12.0 Å². The molecule has 4 heterocycles. The second-order valence-electron chi connectivity index (χ2n) is 12.3. The molecule has 0 spiro atoms. The number of Topliss-reactive ketones (excluding diaryl/α,β-unsaturated/α-hetero) is 1. The number of pyridine rings is 1. The molecule has 0 bridgehead atoms. The van der Waals surface area contributed by atoms with Crippen molar-refractivity contribution < 1.29 is 38.0 Å². The number of hydrogen-bond acceptors (Lipinski definition) is 8. The van der Waals surface area contributed by atoms with Gasteiger partial charge in [0.25, 0.3) is 5.91 Å². The van der Waals surface area contributed by atoms with Crippen LogP contribution in [0.25, 0.3) is 11.3 Å². The Kier molecular flexibility index (Phi) is 7.78. The molecule has 3 fully saturated rings. The number of carbonyl (C=O) groups is 4. The van der Waals surface area contributed by atoms with Crippen molar-refractivity contribution in [3.8, 4) is 11.3 Å². The lowest BCUT2D eigenvalue weighted by Crippen LogP contribution is -2.70. The van der Waals surface area contributed by atoms with Crippen LogP contribution in [0, 0.1) is 5.92 Å². The van der Waals surface area contributed by atoms with E-state index in [1.165, 1.54) is 6.92 Å². The number of benzene rings is 1. The molecule has 5 rings (SSSR count). The van der Waals surface area contributed by atoms with Crippen LogP contribution in [-0.2, 0) is 23.7 Å². The minimum absolute atomic E-state index is 0.0459. The first kappa shape index (κ1) is 28.9. The van der Waals surface area contributed by atoms with E-state index in [2.05, 4.69) is 10.3 Å². The molecule has 0 unspecified atom stereocenters. The van der Waals surface area contributed by atoms with Crippen LogP contribution in [0.5, 0.6) is 0 Å². The molecule has 1 aromatic carbocycles. The molecule has 3 aliphatic heterocycles. The Morgan fingerprint density at radius 3 is 2.24 bits per heavy atom. The van der Waals surface area contributed by atoms with Gasteiger partial charge in [-0.2, -0.15) is 0 Å². The molecular weight excluding hydrogens is 525 g/mol. The molecule has 1 amide bonds. The number of aromatic nitrogens is 1. The highest BCUT2D eigenvalue weighted by atomic mass is 16.7. The fourth-order valence-corrected chi connectivity index (χ4v) is 7.27. The monoisotopic (exact) mass is 563 g/mol. The van der Waals surface area contributed by atoms with Crippen molar-refractivity contribution in [3.63, 3.8) is 0 Å². The first-order chi connectivity index (χ1) is 19.5. The van der Waals surface area contributed by atoms with Crippen LogP contribution in [0.1, 0.15) is 63.4 Å². The van der Waals surface area contributed by atoms with E-state index in [0.29, 0.717) is 25.0 Å². The maximum absolute atomic E-state index is 13.8. The standard InChI is InChI=1S/C30H38BN3O7/c1-18(2)16-21(31-34(4)24(29(38)40-31)14-9-15-25(34)30(39)41-31)17-26(36)27(19(3)35)33-28(37)23-13-8-12-22(32-23)20-10-6-5-7-11-20/h5-8,10-13,18-19,21,24-25,27,35H,9,14-17H2,1-4H3,(H,33,37)/t19-,21-,24-,25-,27+,31?,34?/m1/s1. The third-order valence-electron chi connectivity index (χ3n) is 9.19. The molecule has 2 aromatic rings. The normalized spacial score (nSPS) is 28.8. The Labute approximate surface area is 240 Å². The van der Waals surface area contributed by atoms with Gasteiger partial charge < -0.3 is 24.1 Å². The zero-order chi connectivity index (χ0) is 29.5. The first-order valence-electron chi connectivity index (χ1n) is 14.5. The van der Waals surface area contributed by atoms with E-state index in [1.807, 2.05) is 51.2 Å². The smallest absolute Gasteiger partial charge is 0.587 e. The van der Waals surface area contributed by atoms with Crippen LogP contribution < -0.4 is 5.32 Å². The van der Waals surface area contributed by atoms with Crippen molar-refractivity contribution in [2.75, 3.05) is 7.05 Å². The highest BCUT2D eigenvalue weighted by Crippen LogP contribution is 2.54. The highest BCUT2D eigenvalue weighted by Gasteiger charge is 2.76. The number of piperidine rings is 1. The van der Waals surface area contributed by atoms with Crippen LogP contribution in [-0.4, -0.2) is 76.1 Å². The third-order valence-corrected chi connectivity index (χ3v) is 9.19. The summed E-state index contributed by atoms with van der Waals surface area (Å²) in [7, 11) is 1.85. The van der Waals surface area contributed by atoms with Gasteiger partial charge in [0.05, 0.1) is 11.8 Å². The number of nitrogens with zero attached hydrogens (tertiary/aromatic N) is 2. The molecule has 218 valence electrons. The number of aliphatic hydroxyl groups is 1. The summed E-state index contributed by atoms with van der Waals surface area (Å²) in [6, 6.07) is 12.2. The van der Waals surface area contributed by atoms with Crippen molar-refractivity contribution in [1.82, 2.24) is 10.3 Å². The van der Waals surface area contributed by atoms with E-state index in [9.17, 15) is 24.3 Å². The Bertz CT molecular complexity index is 1320. The van der Waals surface area contributed by atoms with Gasteiger partial charge in [-0.1, -0.05) is 56.7 Å². The summed E-state index contributed by atoms with van der Waals surface area (Å²) in [4.78, 5) is 57.6. The van der Waals surface area contributed by atoms with Gasteiger partial charge in [0.15, 0.2) is 5.78 Å². The maximum Gasteiger partial charge on any atom is 0.587 e. The molecule has 10 nitrogen and oxygen atoms in total. The molecule has 2 N–H and O–H groups in total. The summed E-state index contributed by atoms with van der Waals surface area (Å²) >= 11 is 0. The van der Waals surface area contributed by atoms with Crippen LogP contribution in [0.4, 0.5) is 0 Å². The molecule has 1 aromatic heterocycles. The number of amides is 1. The molecule has 3 aliphatic rings. The van der Waals surface area contributed by atoms with Crippen LogP contribution >= 0.6 is 0 Å². The molecular formula is C30H38BN3O7. The summed E-state index contributed by atoms with van der Waals surface area (Å²) in [6.45, 7) is 2.89. The van der Waals surface area contributed by atoms with Gasteiger partial charge in [-0.15, -0.1) is 0 Å². The van der Waals surface area contributed by atoms with Crippen molar-refractivity contribution in [1.29, 1.82) is 0 Å². The predicted molar refractivity (Wildman–Crippen MR) is 151 cm³/mol. The lowest BCUT2D eigenvalue weighted by atomic mass is 9.50. The van der Waals surface area contributed by atoms with Crippen LogP contribution in [0.2, 0.25) is 5.82 Å². The fraction of sp³-hybridized carbons (Fsp3) is 0.500. The van der Waals surface area contributed by atoms with E-state index in [-0.39, 0.29) is 22.4 Å². The van der Waals surface area contributed by atoms with E-state index in [4.69, 9.17) is 9.31 Å². The lowest BCUT2D eigenvalue weighted by Gasteiger charge is -2.52. The summed E-state index contributed by atoms with van der Waals surface area (Å²) < 4.78 is 12.1. The number of nitrogens with one attached hydrogen (secondary N) is 1. The fourth-order valence-electron chi connectivity index (χ4n) is 7.27. The van der Waals surface area contributed by atoms with Crippen LogP contribution in [0.15, 0.2) is 48.5 Å². The maximum atomic E-state index is 13.8. The predicted octanol–water partition coefficient (Wildman–Crippen LogP) is 3.02. The Morgan fingerprint density at radius 1 is 1.02 bits per heavy atom. The third kappa shape index (κ3) is 4.95. The molecule has 5 atom stereocenters. The number of carbonyl (C=O) groups excluding carboxylic acids is 4. The van der Waals surface area contributed by atoms with Gasteiger partial charge in [0, 0.05) is 25.5 Å². The van der Waals surface area contributed by atoms with Crippen LogP contribution in [0.3, 0.4) is 0 Å². The Balaban J connectivity index is 1.40. The van der Waals surface area contributed by atoms with Gasteiger partial charge >= 0.3 is 18.6 Å². The number of hydrogen-bond donors (Lipinski definition) is 2. The minimum Gasteiger partial charge on any atom is -0.600 e. The lowest BCUT2D eigenvalue weighted by molar-refractivity contribution is -0.850. The zero-order valence-corrected chi connectivity index (χ0v) is 24.0. The molecule has 0 saturated carbocycles. The van der Waals surface area contributed by atoms with E-state index < -0.39 is 60.4 Å². The Morgan fingerprint density at radius 2 is 1.66 bits per heavy atom. The summed E-state index contributed by atoms with van der Waals surface area (Å²) in [6.07, 6.45) is 1.03.